The van der Waals surface area contributed by atoms with Gasteiger partial charge in [-0.3, -0.25) is 4.79 Å². The number of hydrogen-bond donors (Lipinski definition) is 2. The Bertz CT molecular complexity index is 437. The summed E-state index contributed by atoms with van der Waals surface area (Å²) < 4.78 is 5.05. The lowest BCUT2D eigenvalue weighted by Crippen LogP contribution is -2.28. The second-order valence-corrected chi connectivity index (χ2v) is 4.29. The van der Waals surface area contributed by atoms with Crippen LogP contribution in [-0.4, -0.2) is 24.7 Å². The van der Waals surface area contributed by atoms with E-state index in [-0.39, 0.29) is 12.5 Å². The summed E-state index contributed by atoms with van der Waals surface area (Å²) in [7, 11) is 1.59. The summed E-state index contributed by atoms with van der Waals surface area (Å²) in [4.78, 5) is 11.7. The summed E-state index contributed by atoms with van der Waals surface area (Å²) >= 11 is 0. The van der Waals surface area contributed by atoms with Gasteiger partial charge in [0.2, 0.25) is 5.91 Å². The number of nitrogens with one attached hydrogen (secondary N) is 1. The van der Waals surface area contributed by atoms with Crippen molar-refractivity contribution < 1.29 is 14.6 Å². The number of benzene rings is 1. The zero-order valence-electron chi connectivity index (χ0n) is 11.6. The fourth-order valence-corrected chi connectivity index (χ4v) is 1.67. The number of carbonyl (C=O) groups excluding carboxylic acids is 1. The van der Waals surface area contributed by atoms with Crippen LogP contribution in [-0.2, 0) is 4.79 Å². The number of aliphatic hydroxyl groups excluding tert-OH is 1. The van der Waals surface area contributed by atoms with Gasteiger partial charge < -0.3 is 15.2 Å². The van der Waals surface area contributed by atoms with Crippen LogP contribution in [0, 0.1) is 0 Å². The highest BCUT2D eigenvalue weighted by atomic mass is 16.5. The minimum atomic E-state index is -0.718. The molecule has 19 heavy (non-hydrogen) atoms. The standard InChI is InChI=1S/C15H21NO3/c1-4-5-11(2)15(18)16-10-14(17)12-6-8-13(19-3)9-7-12/h5-9,14,17H,4,10H2,1-3H3,(H,16,18)/b11-5-. The Morgan fingerprint density at radius 2 is 2.05 bits per heavy atom. The fraction of sp³-hybridized carbons (Fsp3) is 0.400. The molecule has 1 unspecified atom stereocenters. The van der Waals surface area contributed by atoms with E-state index in [1.54, 1.807) is 38.3 Å². The molecule has 0 heterocycles. The highest BCUT2D eigenvalue weighted by Gasteiger charge is 2.10. The molecule has 0 radical (unpaired) electrons. The zero-order chi connectivity index (χ0) is 14.3. The molecule has 104 valence electrons. The maximum Gasteiger partial charge on any atom is 0.246 e. The zero-order valence-corrected chi connectivity index (χ0v) is 11.6. The van der Waals surface area contributed by atoms with Crippen LogP contribution in [0.3, 0.4) is 0 Å². The van der Waals surface area contributed by atoms with Crippen LogP contribution in [0.2, 0.25) is 0 Å². The molecule has 0 aromatic heterocycles. The molecule has 4 heteroatoms. The van der Waals surface area contributed by atoms with Crippen LogP contribution >= 0.6 is 0 Å². The smallest absolute Gasteiger partial charge is 0.246 e. The molecular formula is C15H21NO3. The molecule has 0 bridgehead atoms. The van der Waals surface area contributed by atoms with Crippen molar-refractivity contribution in [3.05, 3.63) is 41.5 Å². The van der Waals surface area contributed by atoms with Gasteiger partial charge in [0.25, 0.3) is 0 Å². The molecule has 4 nitrogen and oxygen atoms in total. The molecule has 0 fully saturated rings. The van der Waals surface area contributed by atoms with Gasteiger partial charge in [-0.2, -0.15) is 0 Å². The minimum absolute atomic E-state index is 0.144. The Morgan fingerprint density at radius 1 is 1.42 bits per heavy atom. The van der Waals surface area contributed by atoms with E-state index in [4.69, 9.17) is 4.74 Å². The lowest BCUT2D eigenvalue weighted by molar-refractivity contribution is -0.117. The molecule has 2 N–H and O–H groups in total. The highest BCUT2D eigenvalue weighted by Crippen LogP contribution is 2.17. The van der Waals surface area contributed by atoms with E-state index in [2.05, 4.69) is 5.32 Å². The third-order valence-electron chi connectivity index (χ3n) is 2.83. The average molecular weight is 263 g/mol. The summed E-state index contributed by atoms with van der Waals surface area (Å²) in [5, 5.41) is 12.7. The van der Waals surface area contributed by atoms with Crippen molar-refractivity contribution in [3.63, 3.8) is 0 Å². The van der Waals surface area contributed by atoms with Crippen LogP contribution in [0.5, 0.6) is 5.75 Å². The maximum atomic E-state index is 11.7. The predicted molar refractivity (Wildman–Crippen MR) is 75.0 cm³/mol. The first kappa shape index (κ1) is 15.2. The average Bonchev–Trinajstić information content (AvgIpc) is 2.44. The molecular weight excluding hydrogens is 242 g/mol. The van der Waals surface area contributed by atoms with Crippen LogP contribution < -0.4 is 10.1 Å². The van der Waals surface area contributed by atoms with Crippen LogP contribution in [0.15, 0.2) is 35.9 Å². The normalized spacial score (nSPS) is 12.9. The van der Waals surface area contributed by atoms with Gasteiger partial charge >= 0.3 is 0 Å². The number of aliphatic hydroxyl groups is 1. The molecule has 0 aliphatic rings. The molecule has 0 aliphatic heterocycles. The second kappa shape index (κ2) is 7.59. The Morgan fingerprint density at radius 3 is 2.58 bits per heavy atom. The molecule has 1 amide bonds. The van der Waals surface area contributed by atoms with E-state index in [1.807, 2.05) is 13.0 Å². The van der Waals surface area contributed by atoms with Gasteiger partial charge in [0, 0.05) is 12.1 Å². The van der Waals surface area contributed by atoms with Gasteiger partial charge in [0.1, 0.15) is 5.75 Å². The van der Waals surface area contributed by atoms with Crippen LogP contribution in [0.25, 0.3) is 0 Å². The number of carbonyl (C=O) groups is 1. The molecule has 1 aromatic rings. The molecule has 0 aliphatic carbocycles. The Balaban J connectivity index is 2.52. The summed E-state index contributed by atoms with van der Waals surface area (Å²) in [6.45, 7) is 3.93. The second-order valence-electron chi connectivity index (χ2n) is 4.29. The first-order chi connectivity index (χ1) is 9.08. The van der Waals surface area contributed by atoms with Gasteiger partial charge in [-0.25, -0.2) is 0 Å². The maximum absolute atomic E-state index is 11.7. The minimum Gasteiger partial charge on any atom is -0.497 e. The number of rotatable bonds is 6. The van der Waals surface area contributed by atoms with Gasteiger partial charge in [-0.05, 0) is 31.0 Å². The van der Waals surface area contributed by atoms with Crippen LogP contribution in [0.1, 0.15) is 31.9 Å². The topological polar surface area (TPSA) is 58.6 Å². The number of methoxy groups -OCH3 is 1. The molecule has 0 saturated carbocycles. The Hall–Kier alpha value is -1.81. The lowest BCUT2D eigenvalue weighted by atomic mass is 10.1. The number of hydrogen-bond acceptors (Lipinski definition) is 3. The van der Waals surface area contributed by atoms with Gasteiger partial charge in [0.15, 0.2) is 0 Å². The van der Waals surface area contributed by atoms with Crippen molar-refractivity contribution in [2.24, 2.45) is 0 Å². The van der Waals surface area contributed by atoms with Gasteiger partial charge in [-0.1, -0.05) is 25.1 Å². The fourth-order valence-electron chi connectivity index (χ4n) is 1.67. The van der Waals surface area contributed by atoms with Crippen molar-refractivity contribution in [1.29, 1.82) is 0 Å². The molecule has 1 rings (SSSR count). The van der Waals surface area contributed by atoms with E-state index in [0.717, 1.165) is 17.7 Å². The van der Waals surface area contributed by atoms with E-state index >= 15 is 0 Å². The van der Waals surface area contributed by atoms with Crippen molar-refractivity contribution in [2.45, 2.75) is 26.4 Å². The first-order valence-corrected chi connectivity index (χ1v) is 6.35. The lowest BCUT2D eigenvalue weighted by Gasteiger charge is -2.13. The monoisotopic (exact) mass is 263 g/mol. The molecule has 0 saturated heterocycles. The van der Waals surface area contributed by atoms with E-state index in [1.165, 1.54) is 0 Å². The highest BCUT2D eigenvalue weighted by molar-refractivity contribution is 5.92. The molecule has 0 spiro atoms. The third kappa shape index (κ3) is 4.75. The van der Waals surface area contributed by atoms with E-state index in [9.17, 15) is 9.90 Å². The summed E-state index contributed by atoms with van der Waals surface area (Å²) in [6, 6.07) is 7.13. The van der Waals surface area contributed by atoms with Crippen molar-refractivity contribution in [2.75, 3.05) is 13.7 Å². The number of ether oxygens (including phenoxy) is 1. The quantitative estimate of drug-likeness (QED) is 0.774. The van der Waals surface area contributed by atoms with Crippen molar-refractivity contribution in [3.8, 4) is 5.75 Å². The van der Waals surface area contributed by atoms with E-state index in [0.29, 0.717) is 5.57 Å². The van der Waals surface area contributed by atoms with Crippen LogP contribution in [0.4, 0.5) is 0 Å². The van der Waals surface area contributed by atoms with Gasteiger partial charge in [-0.15, -0.1) is 0 Å². The predicted octanol–water partition coefficient (Wildman–Crippen LogP) is 2.20. The Labute approximate surface area is 114 Å². The van der Waals surface area contributed by atoms with E-state index < -0.39 is 6.10 Å². The largest absolute Gasteiger partial charge is 0.497 e. The summed E-state index contributed by atoms with van der Waals surface area (Å²) in [5.41, 5.74) is 1.42. The molecule has 1 atom stereocenters. The third-order valence-corrected chi connectivity index (χ3v) is 2.83. The molecule has 1 aromatic carbocycles. The van der Waals surface area contributed by atoms with Crippen molar-refractivity contribution in [1.82, 2.24) is 5.32 Å². The number of allylic oxidation sites excluding steroid dienone is 1. The van der Waals surface area contributed by atoms with Crippen molar-refractivity contribution >= 4 is 5.91 Å². The van der Waals surface area contributed by atoms with Gasteiger partial charge in [0.05, 0.1) is 13.2 Å². The Kier molecular flexibility index (Phi) is 6.09. The summed E-state index contributed by atoms with van der Waals surface area (Å²) in [6.07, 6.45) is 1.96. The SMILES string of the molecule is CC/C=C(/C)C(=O)NCC(O)c1ccc(OC)cc1. The summed E-state index contributed by atoms with van der Waals surface area (Å²) in [5.74, 6) is 0.594. The first-order valence-electron chi connectivity index (χ1n) is 6.35. The number of amides is 1.